The Labute approximate surface area is 210 Å². The van der Waals surface area contributed by atoms with Crippen molar-refractivity contribution in [3.05, 3.63) is 76.1 Å². The number of aromatic nitrogens is 2. The van der Waals surface area contributed by atoms with E-state index in [1.165, 1.54) is 29.8 Å². The normalized spacial score (nSPS) is 15.0. The largest absolute Gasteiger partial charge is 0.487 e. The fraction of sp³-hybridized carbons (Fsp3) is 0.192. The number of nitrogens with zero attached hydrogens (tertiary/aromatic N) is 3. The molecule has 1 saturated heterocycles. The summed E-state index contributed by atoms with van der Waals surface area (Å²) in [6, 6.07) is 13.5. The molecule has 176 valence electrons. The second-order valence-electron chi connectivity index (χ2n) is 8.01. The number of amides is 1. The first-order valence-corrected chi connectivity index (χ1v) is 12.2. The number of nitrogens with one attached hydrogen (secondary N) is 1. The lowest BCUT2D eigenvalue weighted by Gasteiger charge is -2.12. The van der Waals surface area contributed by atoms with E-state index in [4.69, 9.17) is 16.3 Å². The molecule has 0 aliphatic carbocycles. The predicted octanol–water partition coefficient (Wildman–Crippen LogP) is 5.78. The fourth-order valence-corrected chi connectivity index (χ4v) is 5.00. The molecular formula is C26H20ClFN4O2S. The van der Waals surface area contributed by atoms with E-state index in [0.29, 0.717) is 16.6 Å². The molecule has 1 amide bonds. The number of anilines is 2. The molecule has 0 saturated carbocycles. The molecule has 0 bridgehead atoms. The number of hydrogen-bond donors (Lipinski definition) is 1. The highest BCUT2D eigenvalue weighted by Crippen LogP contribution is 2.33. The Morgan fingerprint density at radius 3 is 3.00 bits per heavy atom. The number of rotatable bonds is 6. The van der Waals surface area contributed by atoms with Gasteiger partial charge < -0.3 is 15.0 Å². The Morgan fingerprint density at radius 2 is 2.17 bits per heavy atom. The summed E-state index contributed by atoms with van der Waals surface area (Å²) in [6.07, 6.45) is 4.23. The summed E-state index contributed by atoms with van der Waals surface area (Å²) in [5, 5.41) is 3.71. The average molecular weight is 507 g/mol. The number of thiophene rings is 1. The number of hydrogen-bond acceptors (Lipinski definition) is 6. The lowest BCUT2D eigenvalue weighted by atomic mass is 10.2. The summed E-state index contributed by atoms with van der Waals surface area (Å²) in [5.74, 6) is 7.23. The lowest BCUT2D eigenvalue weighted by Crippen LogP contribution is -2.26. The highest BCUT2D eigenvalue weighted by molar-refractivity contribution is 7.20. The quantitative estimate of drug-likeness (QED) is 0.265. The molecule has 6 nitrogen and oxygen atoms in total. The molecule has 35 heavy (non-hydrogen) atoms. The van der Waals surface area contributed by atoms with Gasteiger partial charge in [0.05, 0.1) is 26.2 Å². The summed E-state index contributed by atoms with van der Waals surface area (Å²) in [4.78, 5) is 22.5. The third-order valence-electron chi connectivity index (χ3n) is 5.58. The van der Waals surface area contributed by atoms with Crippen LogP contribution in [0.3, 0.4) is 0 Å². The van der Waals surface area contributed by atoms with Crippen LogP contribution in [0, 0.1) is 17.7 Å². The van der Waals surface area contributed by atoms with Crippen LogP contribution in [0.25, 0.3) is 10.2 Å². The van der Waals surface area contributed by atoms with E-state index in [-0.39, 0.29) is 18.5 Å². The summed E-state index contributed by atoms with van der Waals surface area (Å²) in [7, 11) is 0. The SMILES string of the molecule is O=CN1CCC[C@@H]1C#Cc1cc2ncnc(Nc3ccc(OCc4cccc(F)c4)c(Cl)c3)c2s1. The molecule has 1 aliphatic rings. The third-order valence-corrected chi connectivity index (χ3v) is 6.92. The van der Waals surface area contributed by atoms with Gasteiger partial charge in [-0.25, -0.2) is 14.4 Å². The van der Waals surface area contributed by atoms with Gasteiger partial charge in [0.15, 0.2) is 5.82 Å². The number of halogens is 2. The smallest absolute Gasteiger partial charge is 0.210 e. The first-order valence-electron chi connectivity index (χ1n) is 11.0. The molecule has 3 heterocycles. The summed E-state index contributed by atoms with van der Waals surface area (Å²) >= 11 is 7.92. The molecule has 0 unspecified atom stereocenters. The first kappa shape index (κ1) is 23.1. The van der Waals surface area contributed by atoms with Crippen LogP contribution in [0.15, 0.2) is 54.9 Å². The maximum atomic E-state index is 13.4. The van der Waals surface area contributed by atoms with E-state index in [0.717, 1.165) is 52.1 Å². The second kappa shape index (κ2) is 10.3. The highest BCUT2D eigenvalue weighted by Gasteiger charge is 2.20. The van der Waals surface area contributed by atoms with Gasteiger partial charge in [0.25, 0.3) is 0 Å². The Bertz CT molecular complexity index is 1450. The number of ether oxygens (including phenoxy) is 1. The van der Waals surface area contributed by atoms with Crippen molar-refractivity contribution in [1.29, 1.82) is 0 Å². The van der Waals surface area contributed by atoms with Crippen molar-refractivity contribution >= 4 is 51.1 Å². The minimum absolute atomic E-state index is 0.0369. The predicted molar refractivity (Wildman–Crippen MR) is 136 cm³/mol. The minimum atomic E-state index is -0.308. The van der Waals surface area contributed by atoms with Crippen LogP contribution in [-0.4, -0.2) is 33.9 Å². The van der Waals surface area contributed by atoms with Crippen molar-refractivity contribution in [3.8, 4) is 17.6 Å². The fourth-order valence-electron chi connectivity index (χ4n) is 3.85. The van der Waals surface area contributed by atoms with E-state index >= 15 is 0 Å². The number of carbonyl (C=O) groups is 1. The lowest BCUT2D eigenvalue weighted by molar-refractivity contribution is -0.118. The van der Waals surface area contributed by atoms with E-state index in [9.17, 15) is 9.18 Å². The molecule has 1 fully saturated rings. The highest BCUT2D eigenvalue weighted by atomic mass is 35.5. The van der Waals surface area contributed by atoms with Crippen molar-refractivity contribution in [2.45, 2.75) is 25.5 Å². The van der Waals surface area contributed by atoms with Crippen LogP contribution in [0.1, 0.15) is 23.3 Å². The van der Waals surface area contributed by atoms with Crippen LogP contribution in [-0.2, 0) is 11.4 Å². The Balaban J connectivity index is 1.31. The Morgan fingerprint density at radius 1 is 1.26 bits per heavy atom. The van der Waals surface area contributed by atoms with Gasteiger partial charge in [-0.05, 0) is 54.8 Å². The van der Waals surface area contributed by atoms with Gasteiger partial charge in [0.1, 0.15) is 24.5 Å². The van der Waals surface area contributed by atoms with Crippen molar-refractivity contribution in [3.63, 3.8) is 0 Å². The summed E-state index contributed by atoms with van der Waals surface area (Å²) < 4.78 is 20.0. The molecular weight excluding hydrogens is 487 g/mol. The van der Waals surface area contributed by atoms with E-state index < -0.39 is 0 Å². The maximum Gasteiger partial charge on any atom is 0.210 e. The molecule has 9 heteroatoms. The number of likely N-dealkylation sites (tertiary alicyclic amines) is 1. The summed E-state index contributed by atoms with van der Waals surface area (Å²) in [6.45, 7) is 0.966. The zero-order valence-corrected chi connectivity index (χ0v) is 20.1. The molecule has 4 aromatic rings. The third kappa shape index (κ3) is 5.37. The van der Waals surface area contributed by atoms with E-state index in [2.05, 4.69) is 27.1 Å². The van der Waals surface area contributed by atoms with Gasteiger partial charge in [-0.3, -0.25) is 4.79 Å². The molecule has 1 N–H and O–H groups in total. The zero-order chi connectivity index (χ0) is 24.2. The Kier molecular flexibility index (Phi) is 6.80. The molecule has 1 aliphatic heterocycles. The summed E-state index contributed by atoms with van der Waals surface area (Å²) in [5.41, 5.74) is 2.24. The van der Waals surface area contributed by atoms with Gasteiger partial charge in [0, 0.05) is 12.2 Å². The molecule has 0 radical (unpaired) electrons. The monoisotopic (exact) mass is 506 g/mol. The molecule has 0 spiro atoms. The zero-order valence-electron chi connectivity index (χ0n) is 18.5. The second-order valence-corrected chi connectivity index (χ2v) is 9.47. The standard InChI is InChI=1S/C26H20ClFN4O2S/c27-22-12-19(6-9-24(22)34-14-17-3-1-4-18(28)11-17)31-26-25-23(29-15-30-26)13-21(35-25)8-7-20-5-2-10-32(20)16-33/h1,3-4,6,9,11-13,15-16,20H,2,5,10,14H2,(H,29,30,31)/t20-/m1/s1. The molecule has 1 atom stereocenters. The van der Waals surface area contributed by atoms with Gasteiger partial charge in [-0.1, -0.05) is 35.6 Å². The number of fused-ring (bicyclic) bond motifs is 1. The maximum absolute atomic E-state index is 13.4. The molecule has 2 aromatic heterocycles. The van der Waals surface area contributed by atoms with E-state index in [1.807, 2.05) is 12.1 Å². The van der Waals surface area contributed by atoms with Crippen molar-refractivity contribution in [2.75, 3.05) is 11.9 Å². The molecule has 2 aromatic carbocycles. The molecule has 5 rings (SSSR count). The van der Waals surface area contributed by atoms with Crippen LogP contribution < -0.4 is 10.1 Å². The van der Waals surface area contributed by atoms with Crippen molar-refractivity contribution in [2.24, 2.45) is 0 Å². The van der Waals surface area contributed by atoms with Gasteiger partial charge in [0.2, 0.25) is 6.41 Å². The van der Waals surface area contributed by atoms with Crippen LogP contribution >= 0.6 is 22.9 Å². The number of carbonyl (C=O) groups excluding carboxylic acids is 1. The van der Waals surface area contributed by atoms with Crippen molar-refractivity contribution in [1.82, 2.24) is 14.9 Å². The topological polar surface area (TPSA) is 67.4 Å². The van der Waals surface area contributed by atoms with E-state index in [1.54, 1.807) is 29.2 Å². The van der Waals surface area contributed by atoms with Crippen LogP contribution in [0.4, 0.5) is 15.9 Å². The number of benzene rings is 2. The van der Waals surface area contributed by atoms with Crippen LogP contribution in [0.5, 0.6) is 5.75 Å². The average Bonchev–Trinajstić information content (AvgIpc) is 3.49. The van der Waals surface area contributed by atoms with Gasteiger partial charge >= 0.3 is 0 Å². The first-order chi connectivity index (χ1) is 17.1. The van der Waals surface area contributed by atoms with Crippen LogP contribution in [0.2, 0.25) is 5.02 Å². The Hall–Kier alpha value is -3.67. The van der Waals surface area contributed by atoms with Gasteiger partial charge in [-0.2, -0.15) is 0 Å². The van der Waals surface area contributed by atoms with Crippen molar-refractivity contribution < 1.29 is 13.9 Å². The van der Waals surface area contributed by atoms with Gasteiger partial charge in [-0.15, -0.1) is 11.3 Å². The minimum Gasteiger partial charge on any atom is -0.487 e.